The van der Waals surface area contributed by atoms with Crippen LogP contribution >= 0.6 is 0 Å². The Hall–Kier alpha value is -3.29. The zero-order chi connectivity index (χ0) is 27.2. The third-order valence-electron chi connectivity index (χ3n) is 8.04. The molecule has 206 valence electrons. The molecule has 2 fully saturated rings. The predicted molar refractivity (Wildman–Crippen MR) is 147 cm³/mol. The lowest BCUT2D eigenvalue weighted by atomic mass is 9.89. The van der Waals surface area contributed by atoms with Gasteiger partial charge in [-0.1, -0.05) is 73.9 Å². The van der Waals surface area contributed by atoms with Gasteiger partial charge in [0.15, 0.2) is 0 Å². The fourth-order valence-corrected chi connectivity index (χ4v) is 5.90. The zero-order valence-corrected chi connectivity index (χ0v) is 22.3. The fraction of sp³-hybridized carbons (Fsp3) is 0.406. The fourth-order valence-electron chi connectivity index (χ4n) is 5.90. The molecule has 2 aliphatic rings. The van der Waals surface area contributed by atoms with Crippen LogP contribution in [0.1, 0.15) is 48.8 Å². The van der Waals surface area contributed by atoms with Crippen molar-refractivity contribution in [3.8, 4) is 0 Å². The summed E-state index contributed by atoms with van der Waals surface area (Å²) in [5.41, 5.74) is 2.64. The van der Waals surface area contributed by atoms with Crippen LogP contribution in [0.5, 0.6) is 0 Å². The number of urea groups is 1. The van der Waals surface area contributed by atoms with Gasteiger partial charge in [-0.3, -0.25) is 5.01 Å². The lowest BCUT2D eigenvalue weighted by Crippen LogP contribution is -2.52. The highest BCUT2D eigenvalue weighted by atomic mass is 19.1. The third-order valence-corrected chi connectivity index (χ3v) is 8.04. The van der Waals surface area contributed by atoms with E-state index in [1.807, 2.05) is 35.3 Å². The van der Waals surface area contributed by atoms with Gasteiger partial charge in [-0.25, -0.2) is 18.6 Å². The summed E-state index contributed by atoms with van der Waals surface area (Å²) in [6, 6.07) is 21.6. The minimum Gasteiger partial charge on any atom is -0.390 e. The topological polar surface area (TPSA) is 47.0 Å². The zero-order valence-electron chi connectivity index (χ0n) is 22.3. The summed E-state index contributed by atoms with van der Waals surface area (Å²) in [4.78, 5) is 16.2. The number of benzene rings is 3. The SMILES string of the molecule is O=C1N(Cc2ccc(F)cc2)[C@@H](Cc2ccccc2)[C@@H](O)CN(CC2CCCCC2)N1Cc1ccc(F)cc1. The molecule has 2 amide bonds. The molecule has 1 saturated heterocycles. The van der Waals surface area contributed by atoms with Crippen molar-refractivity contribution in [2.75, 3.05) is 13.1 Å². The van der Waals surface area contributed by atoms with Crippen LogP contribution in [-0.4, -0.2) is 51.3 Å². The summed E-state index contributed by atoms with van der Waals surface area (Å²) in [5, 5.41) is 15.4. The Morgan fingerprint density at radius 3 is 1.95 bits per heavy atom. The lowest BCUT2D eigenvalue weighted by molar-refractivity contribution is -0.0287. The number of hydrogen-bond acceptors (Lipinski definition) is 3. The molecule has 1 N–H and O–H groups in total. The summed E-state index contributed by atoms with van der Waals surface area (Å²) in [7, 11) is 0. The van der Waals surface area contributed by atoms with E-state index in [0.717, 1.165) is 29.5 Å². The second kappa shape index (κ2) is 12.7. The second-order valence-electron chi connectivity index (χ2n) is 10.9. The first-order valence-electron chi connectivity index (χ1n) is 14.0. The van der Waals surface area contributed by atoms with Crippen LogP contribution in [0.4, 0.5) is 13.6 Å². The van der Waals surface area contributed by atoms with Crippen LogP contribution < -0.4 is 0 Å². The van der Waals surface area contributed by atoms with E-state index in [9.17, 15) is 18.7 Å². The predicted octanol–water partition coefficient (Wildman–Crippen LogP) is 6.17. The molecule has 1 heterocycles. The molecule has 5 nitrogen and oxygen atoms in total. The number of hydrogen-bond donors (Lipinski definition) is 1. The number of rotatable bonds is 8. The molecule has 1 saturated carbocycles. The molecular formula is C32H37F2N3O2. The van der Waals surface area contributed by atoms with Gasteiger partial charge in [-0.15, -0.1) is 0 Å². The number of amides is 2. The Balaban J connectivity index is 1.50. The minimum atomic E-state index is -0.795. The van der Waals surface area contributed by atoms with Crippen LogP contribution in [-0.2, 0) is 19.5 Å². The highest BCUT2D eigenvalue weighted by molar-refractivity contribution is 5.75. The number of aliphatic hydroxyl groups is 1. The summed E-state index contributed by atoms with van der Waals surface area (Å²) in [6.07, 6.45) is 5.52. The average molecular weight is 534 g/mol. The van der Waals surface area contributed by atoms with Crippen molar-refractivity contribution in [3.05, 3.63) is 107 Å². The molecule has 0 unspecified atom stereocenters. The smallest absolute Gasteiger partial charge is 0.335 e. The van der Waals surface area contributed by atoms with Crippen LogP contribution in [0.2, 0.25) is 0 Å². The molecule has 0 aromatic heterocycles. The Labute approximate surface area is 229 Å². The summed E-state index contributed by atoms with van der Waals surface area (Å²) in [6.45, 7) is 1.52. The summed E-state index contributed by atoms with van der Waals surface area (Å²) in [5.74, 6) is -0.208. The maximum atomic E-state index is 14.4. The molecule has 1 aliphatic carbocycles. The highest BCUT2D eigenvalue weighted by Crippen LogP contribution is 2.29. The standard InChI is InChI=1S/C32H37F2N3O2/c33-28-15-11-26(12-16-28)21-36-30(19-24-7-3-1-4-8-24)31(38)23-35(20-25-9-5-2-6-10-25)37(32(36)39)22-27-13-17-29(34)18-14-27/h1,3-4,7-8,11-18,25,30-31,38H,2,5-6,9-10,19-23H2/t30-,31-/m0/s1. The normalized spacial score (nSPS) is 21.3. The monoisotopic (exact) mass is 533 g/mol. The number of β-amino-alcohol motifs (C(OH)–C–C–N with tert-alkyl or cyclic N) is 1. The van der Waals surface area contributed by atoms with E-state index >= 15 is 0 Å². The van der Waals surface area contributed by atoms with E-state index in [1.54, 1.807) is 34.2 Å². The van der Waals surface area contributed by atoms with E-state index in [-0.39, 0.29) is 30.8 Å². The van der Waals surface area contributed by atoms with Crippen LogP contribution in [0.3, 0.4) is 0 Å². The maximum absolute atomic E-state index is 14.4. The van der Waals surface area contributed by atoms with Gasteiger partial charge in [0.25, 0.3) is 0 Å². The van der Waals surface area contributed by atoms with Crippen molar-refractivity contribution < 1.29 is 18.7 Å². The van der Waals surface area contributed by atoms with Gasteiger partial charge < -0.3 is 10.0 Å². The van der Waals surface area contributed by atoms with Crippen LogP contribution in [0, 0.1) is 17.6 Å². The first-order valence-corrected chi connectivity index (χ1v) is 14.0. The van der Waals surface area contributed by atoms with E-state index in [1.165, 1.54) is 43.5 Å². The summed E-state index contributed by atoms with van der Waals surface area (Å²) < 4.78 is 27.4. The maximum Gasteiger partial charge on any atom is 0.335 e. The molecule has 0 spiro atoms. The number of aliphatic hydroxyl groups excluding tert-OH is 1. The molecule has 7 heteroatoms. The van der Waals surface area contributed by atoms with Gasteiger partial charge in [0, 0.05) is 19.6 Å². The lowest BCUT2D eigenvalue weighted by Gasteiger charge is -2.38. The van der Waals surface area contributed by atoms with Crippen molar-refractivity contribution in [1.29, 1.82) is 0 Å². The van der Waals surface area contributed by atoms with Gasteiger partial charge in [0.05, 0.1) is 18.7 Å². The molecule has 1 aliphatic heterocycles. The molecule has 2 atom stereocenters. The average Bonchev–Trinajstić information content (AvgIpc) is 3.03. The van der Waals surface area contributed by atoms with E-state index < -0.39 is 12.1 Å². The first kappa shape index (κ1) is 27.3. The van der Waals surface area contributed by atoms with Crippen molar-refractivity contribution >= 4 is 6.03 Å². The molecule has 3 aromatic rings. The minimum absolute atomic E-state index is 0.211. The van der Waals surface area contributed by atoms with Gasteiger partial charge in [-0.05, 0) is 66.1 Å². The molecule has 3 aromatic carbocycles. The van der Waals surface area contributed by atoms with Gasteiger partial charge in [0.1, 0.15) is 11.6 Å². The Morgan fingerprint density at radius 2 is 1.33 bits per heavy atom. The Morgan fingerprint density at radius 1 is 0.744 bits per heavy atom. The van der Waals surface area contributed by atoms with Crippen molar-refractivity contribution in [1.82, 2.24) is 14.9 Å². The van der Waals surface area contributed by atoms with Crippen molar-refractivity contribution in [2.45, 2.75) is 63.8 Å². The van der Waals surface area contributed by atoms with E-state index in [2.05, 4.69) is 0 Å². The molecule has 0 bridgehead atoms. The Kier molecular flexibility index (Phi) is 8.89. The third kappa shape index (κ3) is 7.02. The number of nitrogens with zero attached hydrogens (tertiary/aromatic N) is 3. The quantitative estimate of drug-likeness (QED) is 0.377. The van der Waals surface area contributed by atoms with Gasteiger partial charge in [0.2, 0.25) is 0 Å². The van der Waals surface area contributed by atoms with Gasteiger partial charge >= 0.3 is 6.03 Å². The summed E-state index contributed by atoms with van der Waals surface area (Å²) >= 11 is 0. The van der Waals surface area contributed by atoms with Crippen molar-refractivity contribution in [3.63, 3.8) is 0 Å². The van der Waals surface area contributed by atoms with Crippen LogP contribution in [0.25, 0.3) is 0 Å². The second-order valence-corrected chi connectivity index (χ2v) is 10.9. The first-order chi connectivity index (χ1) is 19.0. The molecular weight excluding hydrogens is 496 g/mol. The van der Waals surface area contributed by atoms with E-state index in [0.29, 0.717) is 25.4 Å². The van der Waals surface area contributed by atoms with Crippen molar-refractivity contribution in [2.24, 2.45) is 5.92 Å². The number of carbonyl (C=O) groups excluding carboxylic acids is 1. The molecule has 5 rings (SSSR count). The molecule has 39 heavy (non-hydrogen) atoms. The largest absolute Gasteiger partial charge is 0.390 e. The number of halogens is 2. The molecule has 0 radical (unpaired) electrons. The van der Waals surface area contributed by atoms with E-state index in [4.69, 9.17) is 0 Å². The van der Waals surface area contributed by atoms with Gasteiger partial charge in [-0.2, -0.15) is 0 Å². The number of hydrazine groups is 1. The van der Waals surface area contributed by atoms with Crippen LogP contribution in [0.15, 0.2) is 78.9 Å². The Bertz CT molecular complexity index is 1200. The number of carbonyl (C=O) groups is 1. The highest BCUT2D eigenvalue weighted by Gasteiger charge is 2.40.